The van der Waals surface area contributed by atoms with E-state index < -0.39 is 0 Å². The zero-order chi connectivity index (χ0) is 9.26. The lowest BCUT2D eigenvalue weighted by atomic mass is 10.2. The van der Waals surface area contributed by atoms with Crippen molar-refractivity contribution in [2.45, 2.75) is 6.23 Å². The standard InChI is InChI=1S/C9H10N2OS/c1-11-8(12-9(13)10-11)7-5-3-2-4-6-7/h2-6,8H,1H3,(H,10,13). The monoisotopic (exact) mass is 194 g/mol. The lowest BCUT2D eigenvalue weighted by Gasteiger charge is -2.15. The van der Waals surface area contributed by atoms with Crippen molar-refractivity contribution < 1.29 is 4.74 Å². The molecule has 1 unspecified atom stereocenters. The third kappa shape index (κ3) is 1.64. The van der Waals surface area contributed by atoms with Crippen LogP contribution in [0, 0.1) is 0 Å². The van der Waals surface area contributed by atoms with E-state index in [9.17, 15) is 0 Å². The molecular formula is C9H10N2OS. The first-order valence-corrected chi connectivity index (χ1v) is 4.43. The van der Waals surface area contributed by atoms with Crippen LogP contribution >= 0.6 is 12.2 Å². The van der Waals surface area contributed by atoms with Gasteiger partial charge in [0.1, 0.15) is 0 Å². The van der Waals surface area contributed by atoms with E-state index in [0.717, 1.165) is 5.56 Å². The highest BCUT2D eigenvalue weighted by atomic mass is 32.1. The third-order valence-electron chi connectivity index (χ3n) is 1.92. The van der Waals surface area contributed by atoms with E-state index in [1.54, 1.807) is 0 Å². The van der Waals surface area contributed by atoms with E-state index in [1.807, 2.05) is 42.4 Å². The van der Waals surface area contributed by atoms with Gasteiger partial charge in [-0.05, 0) is 12.2 Å². The molecule has 0 radical (unpaired) electrons. The molecule has 4 heteroatoms. The molecule has 1 fully saturated rings. The third-order valence-corrected chi connectivity index (χ3v) is 2.11. The molecule has 3 nitrogen and oxygen atoms in total. The summed E-state index contributed by atoms with van der Waals surface area (Å²) in [4.78, 5) is 0. The minimum Gasteiger partial charge on any atom is -0.445 e. The Balaban J connectivity index is 2.23. The summed E-state index contributed by atoms with van der Waals surface area (Å²) in [6, 6.07) is 9.96. The van der Waals surface area contributed by atoms with Crippen LogP contribution in [-0.4, -0.2) is 17.2 Å². The Morgan fingerprint density at radius 2 is 2.08 bits per heavy atom. The number of hydrazine groups is 1. The molecule has 0 saturated carbocycles. The van der Waals surface area contributed by atoms with Crippen molar-refractivity contribution in [2.75, 3.05) is 7.05 Å². The quantitative estimate of drug-likeness (QED) is 0.684. The van der Waals surface area contributed by atoms with Crippen LogP contribution in [0.2, 0.25) is 0 Å². The van der Waals surface area contributed by atoms with E-state index in [1.165, 1.54) is 0 Å². The number of rotatable bonds is 1. The van der Waals surface area contributed by atoms with Crippen LogP contribution in [0.4, 0.5) is 0 Å². The summed E-state index contributed by atoms with van der Waals surface area (Å²) in [6.45, 7) is 0. The summed E-state index contributed by atoms with van der Waals surface area (Å²) >= 11 is 4.90. The number of ether oxygens (including phenoxy) is 1. The van der Waals surface area contributed by atoms with Crippen LogP contribution in [0.1, 0.15) is 11.8 Å². The van der Waals surface area contributed by atoms with E-state index >= 15 is 0 Å². The molecule has 1 N–H and O–H groups in total. The van der Waals surface area contributed by atoms with Gasteiger partial charge in [0.25, 0.3) is 5.17 Å². The van der Waals surface area contributed by atoms with Crippen molar-refractivity contribution in [2.24, 2.45) is 0 Å². The fourth-order valence-corrected chi connectivity index (χ4v) is 1.55. The summed E-state index contributed by atoms with van der Waals surface area (Å²) in [5, 5.41) is 2.27. The minimum absolute atomic E-state index is 0.103. The average molecular weight is 194 g/mol. The zero-order valence-electron chi connectivity index (χ0n) is 7.23. The van der Waals surface area contributed by atoms with Crippen molar-refractivity contribution in [1.29, 1.82) is 0 Å². The number of thiocarbonyl (C=S) groups is 1. The van der Waals surface area contributed by atoms with Crippen LogP contribution in [0.25, 0.3) is 0 Å². The molecule has 1 aromatic carbocycles. The molecule has 1 aromatic rings. The van der Waals surface area contributed by atoms with Gasteiger partial charge in [0, 0.05) is 12.6 Å². The maximum Gasteiger partial charge on any atom is 0.273 e. The van der Waals surface area contributed by atoms with Gasteiger partial charge in [0.2, 0.25) is 0 Å². The Hall–Kier alpha value is -1.13. The maximum atomic E-state index is 5.41. The van der Waals surface area contributed by atoms with Crippen molar-refractivity contribution in [3.8, 4) is 0 Å². The van der Waals surface area contributed by atoms with Crippen LogP contribution in [-0.2, 0) is 4.74 Å². The number of nitrogens with one attached hydrogen (secondary N) is 1. The van der Waals surface area contributed by atoms with Gasteiger partial charge in [0.05, 0.1) is 0 Å². The van der Waals surface area contributed by atoms with Gasteiger partial charge in [-0.15, -0.1) is 0 Å². The molecule has 1 saturated heterocycles. The summed E-state index contributed by atoms with van der Waals surface area (Å²) < 4.78 is 5.41. The molecule has 1 heterocycles. The predicted molar refractivity (Wildman–Crippen MR) is 53.8 cm³/mol. The molecule has 2 rings (SSSR count). The van der Waals surface area contributed by atoms with Gasteiger partial charge in [-0.25, -0.2) is 0 Å². The molecule has 1 aliphatic heterocycles. The molecule has 0 aromatic heterocycles. The summed E-state index contributed by atoms with van der Waals surface area (Å²) in [6.07, 6.45) is -0.103. The molecular weight excluding hydrogens is 184 g/mol. The van der Waals surface area contributed by atoms with Crippen LogP contribution in [0.15, 0.2) is 30.3 Å². The van der Waals surface area contributed by atoms with Crippen molar-refractivity contribution in [3.63, 3.8) is 0 Å². The predicted octanol–water partition coefficient (Wildman–Crippen LogP) is 1.44. The number of hydrogen-bond acceptors (Lipinski definition) is 3. The first-order valence-electron chi connectivity index (χ1n) is 4.02. The SMILES string of the molecule is CN1NC(=S)OC1c1ccccc1. The van der Waals surface area contributed by atoms with Gasteiger partial charge in [-0.1, -0.05) is 30.3 Å². The first kappa shape index (κ1) is 8.47. The van der Waals surface area contributed by atoms with Crippen molar-refractivity contribution in [1.82, 2.24) is 10.4 Å². The topological polar surface area (TPSA) is 24.5 Å². The molecule has 0 aliphatic carbocycles. The Bertz CT molecular complexity index is 315. The molecule has 13 heavy (non-hydrogen) atoms. The highest BCUT2D eigenvalue weighted by Gasteiger charge is 2.26. The van der Waals surface area contributed by atoms with Gasteiger partial charge in [-0.3, -0.25) is 5.43 Å². The van der Waals surface area contributed by atoms with Crippen LogP contribution in [0.3, 0.4) is 0 Å². The average Bonchev–Trinajstić information content (AvgIpc) is 2.47. The number of benzene rings is 1. The number of nitrogens with zero attached hydrogens (tertiary/aromatic N) is 1. The van der Waals surface area contributed by atoms with E-state index in [-0.39, 0.29) is 6.23 Å². The van der Waals surface area contributed by atoms with Crippen LogP contribution < -0.4 is 5.43 Å². The Kier molecular flexibility index (Phi) is 2.16. The first-order chi connectivity index (χ1) is 6.27. The summed E-state index contributed by atoms with van der Waals surface area (Å²) in [5.41, 5.74) is 4.00. The Morgan fingerprint density at radius 1 is 1.38 bits per heavy atom. The molecule has 0 amide bonds. The zero-order valence-corrected chi connectivity index (χ0v) is 8.04. The van der Waals surface area contributed by atoms with Gasteiger partial charge < -0.3 is 4.74 Å². The number of hydrogen-bond donors (Lipinski definition) is 1. The van der Waals surface area contributed by atoms with E-state index in [2.05, 4.69) is 5.43 Å². The van der Waals surface area contributed by atoms with Crippen LogP contribution in [0.5, 0.6) is 0 Å². The van der Waals surface area contributed by atoms with Gasteiger partial charge in [0.15, 0.2) is 6.23 Å². The summed E-state index contributed by atoms with van der Waals surface area (Å²) in [5.74, 6) is 0. The highest BCUT2D eigenvalue weighted by molar-refractivity contribution is 7.80. The largest absolute Gasteiger partial charge is 0.445 e. The smallest absolute Gasteiger partial charge is 0.273 e. The normalized spacial score (nSPS) is 22.5. The fourth-order valence-electron chi connectivity index (χ4n) is 1.32. The summed E-state index contributed by atoms with van der Waals surface area (Å²) in [7, 11) is 1.90. The maximum absolute atomic E-state index is 5.41. The van der Waals surface area contributed by atoms with Gasteiger partial charge in [-0.2, -0.15) is 5.01 Å². The highest BCUT2D eigenvalue weighted by Crippen LogP contribution is 2.23. The molecule has 0 spiro atoms. The lowest BCUT2D eigenvalue weighted by molar-refractivity contribution is 0.0809. The van der Waals surface area contributed by atoms with Crippen molar-refractivity contribution >= 4 is 17.4 Å². The Labute approximate surface area is 82.3 Å². The van der Waals surface area contributed by atoms with E-state index in [4.69, 9.17) is 17.0 Å². The van der Waals surface area contributed by atoms with Gasteiger partial charge >= 0.3 is 0 Å². The Morgan fingerprint density at radius 3 is 2.62 bits per heavy atom. The van der Waals surface area contributed by atoms with E-state index in [0.29, 0.717) is 5.17 Å². The second-order valence-corrected chi connectivity index (χ2v) is 3.26. The minimum atomic E-state index is -0.103. The molecule has 0 bridgehead atoms. The molecule has 1 atom stereocenters. The second kappa shape index (κ2) is 3.32. The molecule has 1 aliphatic rings. The lowest BCUT2D eigenvalue weighted by Crippen LogP contribution is -2.29. The molecule has 68 valence electrons. The van der Waals surface area contributed by atoms with Crippen molar-refractivity contribution in [3.05, 3.63) is 35.9 Å². The fraction of sp³-hybridized carbons (Fsp3) is 0.222. The second-order valence-electron chi connectivity index (χ2n) is 2.89.